The van der Waals surface area contributed by atoms with E-state index >= 15 is 0 Å². The third-order valence-electron chi connectivity index (χ3n) is 2.31. The second kappa shape index (κ2) is 4.65. The van der Waals surface area contributed by atoms with Gasteiger partial charge in [-0.2, -0.15) is 5.10 Å². The summed E-state index contributed by atoms with van der Waals surface area (Å²) in [5.41, 5.74) is 1.42. The van der Waals surface area contributed by atoms with Gasteiger partial charge in [0, 0.05) is 13.2 Å². The van der Waals surface area contributed by atoms with Crippen LogP contribution in [0.3, 0.4) is 0 Å². The quantitative estimate of drug-likeness (QED) is 0.646. The van der Waals surface area contributed by atoms with Crippen LogP contribution in [-0.2, 0) is 7.05 Å². The number of aromatic nitrogens is 2. The van der Waals surface area contributed by atoms with Crippen LogP contribution >= 0.6 is 0 Å². The maximum atomic E-state index is 11.7. The van der Waals surface area contributed by atoms with Crippen LogP contribution in [0.15, 0.2) is 42.7 Å². The highest BCUT2D eigenvalue weighted by Gasteiger charge is 2.03. The highest BCUT2D eigenvalue weighted by Crippen LogP contribution is 2.11. The molecule has 1 heterocycles. The Labute approximate surface area is 98.8 Å². The maximum Gasteiger partial charge on any atom is 0.189 e. The fourth-order valence-electron chi connectivity index (χ4n) is 1.40. The second-order valence-electron chi connectivity index (χ2n) is 3.69. The van der Waals surface area contributed by atoms with Crippen molar-refractivity contribution in [3.05, 3.63) is 53.9 Å². The Hall–Kier alpha value is -2.36. The molecule has 1 aromatic heterocycles. The number of hydrogen-bond donors (Lipinski definition) is 1. The fraction of sp³-hybridized carbons (Fsp3) is 0.0769. The summed E-state index contributed by atoms with van der Waals surface area (Å²) < 4.78 is 1.58. The summed E-state index contributed by atoms with van der Waals surface area (Å²) in [6.07, 6.45) is 6.39. The first-order valence-corrected chi connectivity index (χ1v) is 5.15. The molecule has 0 aliphatic heterocycles. The second-order valence-corrected chi connectivity index (χ2v) is 3.69. The molecule has 0 fully saturated rings. The molecular weight excluding hydrogens is 216 g/mol. The molecule has 0 spiro atoms. The summed E-state index contributed by atoms with van der Waals surface area (Å²) in [6.45, 7) is 0. The first-order valence-electron chi connectivity index (χ1n) is 5.15. The predicted octanol–water partition coefficient (Wildman–Crippen LogP) is 2.02. The fourth-order valence-corrected chi connectivity index (χ4v) is 1.40. The Morgan fingerprint density at radius 2 is 2.06 bits per heavy atom. The number of ketones is 1. The average Bonchev–Trinajstić information content (AvgIpc) is 2.75. The molecule has 0 saturated carbocycles. The van der Waals surface area contributed by atoms with E-state index in [0.29, 0.717) is 5.56 Å². The van der Waals surface area contributed by atoms with E-state index in [1.807, 2.05) is 0 Å². The Bertz CT molecular complexity index is 553. The molecule has 4 nitrogen and oxygen atoms in total. The lowest BCUT2D eigenvalue weighted by atomic mass is 10.1. The number of phenols is 1. The molecule has 0 saturated heterocycles. The SMILES string of the molecule is Cn1cc(C(=O)C=Cc2ccc(O)cc2)cn1. The van der Waals surface area contributed by atoms with E-state index in [2.05, 4.69) is 5.10 Å². The van der Waals surface area contributed by atoms with E-state index in [1.54, 1.807) is 48.3 Å². The number of nitrogens with zero attached hydrogens (tertiary/aromatic N) is 2. The zero-order valence-corrected chi connectivity index (χ0v) is 9.37. The van der Waals surface area contributed by atoms with Crippen molar-refractivity contribution in [2.75, 3.05) is 0 Å². The molecule has 0 aliphatic carbocycles. The molecule has 86 valence electrons. The number of aromatic hydroxyl groups is 1. The predicted molar refractivity (Wildman–Crippen MR) is 64.7 cm³/mol. The summed E-state index contributed by atoms with van der Waals surface area (Å²) in [6, 6.07) is 6.63. The maximum absolute atomic E-state index is 11.7. The molecule has 0 atom stereocenters. The van der Waals surface area contributed by atoms with Crippen LogP contribution in [0, 0.1) is 0 Å². The van der Waals surface area contributed by atoms with E-state index < -0.39 is 0 Å². The minimum Gasteiger partial charge on any atom is -0.508 e. The van der Waals surface area contributed by atoms with Crippen molar-refractivity contribution in [2.24, 2.45) is 7.05 Å². The van der Waals surface area contributed by atoms with Crippen molar-refractivity contribution < 1.29 is 9.90 Å². The van der Waals surface area contributed by atoms with Gasteiger partial charge in [0.05, 0.1) is 11.8 Å². The molecule has 0 bridgehead atoms. The molecule has 1 N–H and O–H groups in total. The van der Waals surface area contributed by atoms with Crippen molar-refractivity contribution in [3.8, 4) is 5.75 Å². The van der Waals surface area contributed by atoms with Gasteiger partial charge >= 0.3 is 0 Å². The topological polar surface area (TPSA) is 55.1 Å². The van der Waals surface area contributed by atoms with Crippen molar-refractivity contribution in [1.29, 1.82) is 0 Å². The van der Waals surface area contributed by atoms with Crippen molar-refractivity contribution in [3.63, 3.8) is 0 Å². The summed E-state index contributed by atoms with van der Waals surface area (Å²) in [7, 11) is 1.76. The van der Waals surface area contributed by atoms with Crippen molar-refractivity contribution in [1.82, 2.24) is 9.78 Å². The molecule has 4 heteroatoms. The highest BCUT2D eigenvalue weighted by atomic mass is 16.3. The molecule has 2 aromatic rings. The number of aryl methyl sites for hydroxylation is 1. The van der Waals surface area contributed by atoms with Gasteiger partial charge in [-0.25, -0.2) is 0 Å². The van der Waals surface area contributed by atoms with Crippen LogP contribution in [0.25, 0.3) is 6.08 Å². The van der Waals surface area contributed by atoms with Gasteiger partial charge in [0.15, 0.2) is 5.78 Å². The van der Waals surface area contributed by atoms with Gasteiger partial charge in [-0.3, -0.25) is 9.48 Å². The Balaban J connectivity index is 2.10. The van der Waals surface area contributed by atoms with Crippen molar-refractivity contribution >= 4 is 11.9 Å². The van der Waals surface area contributed by atoms with Gasteiger partial charge in [-0.1, -0.05) is 18.2 Å². The summed E-state index contributed by atoms with van der Waals surface area (Å²) in [5.74, 6) is 0.118. The molecule has 0 aliphatic rings. The third-order valence-corrected chi connectivity index (χ3v) is 2.31. The summed E-state index contributed by atoms with van der Waals surface area (Å²) >= 11 is 0. The lowest BCUT2D eigenvalue weighted by molar-refractivity contribution is 0.104. The summed E-state index contributed by atoms with van der Waals surface area (Å²) in [4.78, 5) is 11.7. The average molecular weight is 228 g/mol. The van der Waals surface area contributed by atoms with E-state index in [-0.39, 0.29) is 11.5 Å². The third kappa shape index (κ3) is 2.81. The first-order chi connectivity index (χ1) is 8.15. The summed E-state index contributed by atoms with van der Waals surface area (Å²) in [5, 5.41) is 13.0. The van der Waals surface area contributed by atoms with E-state index in [4.69, 9.17) is 5.11 Å². The van der Waals surface area contributed by atoms with Crippen molar-refractivity contribution in [2.45, 2.75) is 0 Å². The number of carbonyl (C=O) groups excluding carboxylic acids is 1. The van der Waals surface area contributed by atoms with Crippen LogP contribution in [0.1, 0.15) is 15.9 Å². The zero-order valence-electron chi connectivity index (χ0n) is 9.37. The minimum atomic E-state index is -0.0915. The monoisotopic (exact) mass is 228 g/mol. The van der Waals surface area contributed by atoms with Gasteiger partial charge in [-0.05, 0) is 23.8 Å². The largest absolute Gasteiger partial charge is 0.508 e. The van der Waals surface area contributed by atoms with Crippen LogP contribution in [0.5, 0.6) is 5.75 Å². The smallest absolute Gasteiger partial charge is 0.189 e. The van der Waals surface area contributed by atoms with Crippen LogP contribution < -0.4 is 0 Å². The molecule has 17 heavy (non-hydrogen) atoms. The normalized spacial score (nSPS) is 10.9. The van der Waals surface area contributed by atoms with Gasteiger partial charge in [-0.15, -0.1) is 0 Å². The highest BCUT2D eigenvalue weighted by molar-refractivity contribution is 6.06. The molecule has 0 radical (unpaired) electrons. The zero-order chi connectivity index (χ0) is 12.3. The van der Waals surface area contributed by atoms with Crippen LogP contribution in [-0.4, -0.2) is 20.7 Å². The minimum absolute atomic E-state index is 0.0915. The Morgan fingerprint density at radius 1 is 1.35 bits per heavy atom. The van der Waals surface area contributed by atoms with Crippen LogP contribution in [0.2, 0.25) is 0 Å². The number of phenolic OH excluding ortho intramolecular Hbond substituents is 1. The van der Waals surface area contributed by atoms with Crippen LogP contribution in [0.4, 0.5) is 0 Å². The first kappa shape index (κ1) is 11.1. The number of rotatable bonds is 3. The molecular formula is C13H12N2O2. The number of hydrogen-bond acceptors (Lipinski definition) is 3. The molecule has 0 amide bonds. The van der Waals surface area contributed by atoms with Gasteiger partial charge in [0.25, 0.3) is 0 Å². The van der Waals surface area contributed by atoms with Gasteiger partial charge < -0.3 is 5.11 Å². The standard InChI is InChI=1S/C13H12N2O2/c1-15-9-11(8-14-15)13(17)7-4-10-2-5-12(16)6-3-10/h2-9,16H,1H3. The van der Waals surface area contributed by atoms with E-state index in [1.165, 1.54) is 12.3 Å². The van der Waals surface area contributed by atoms with E-state index in [9.17, 15) is 4.79 Å². The number of benzene rings is 1. The number of allylic oxidation sites excluding steroid dienone is 1. The molecule has 2 rings (SSSR count). The molecule has 1 aromatic carbocycles. The lowest BCUT2D eigenvalue weighted by Crippen LogP contribution is -1.91. The Kier molecular flexibility index (Phi) is 3.05. The number of carbonyl (C=O) groups is 1. The van der Waals surface area contributed by atoms with Gasteiger partial charge in [0.1, 0.15) is 5.75 Å². The van der Waals surface area contributed by atoms with Gasteiger partial charge in [0.2, 0.25) is 0 Å². The lowest BCUT2D eigenvalue weighted by Gasteiger charge is -1.93. The van der Waals surface area contributed by atoms with E-state index in [0.717, 1.165) is 5.56 Å². The molecule has 0 unspecified atom stereocenters. The Morgan fingerprint density at radius 3 is 2.65 bits per heavy atom.